The molecule has 0 bridgehead atoms. The highest BCUT2D eigenvalue weighted by atomic mass is 16.5. The summed E-state index contributed by atoms with van der Waals surface area (Å²) >= 11 is 0. The molecule has 0 saturated carbocycles. The summed E-state index contributed by atoms with van der Waals surface area (Å²) in [7, 11) is 0. The second-order valence-electron chi connectivity index (χ2n) is 4.91. The molecule has 0 aromatic heterocycles. The van der Waals surface area contributed by atoms with Crippen LogP contribution in [0.2, 0.25) is 0 Å². The van der Waals surface area contributed by atoms with Gasteiger partial charge in [0.1, 0.15) is 0 Å². The van der Waals surface area contributed by atoms with Crippen LogP contribution in [0.5, 0.6) is 0 Å². The van der Waals surface area contributed by atoms with Gasteiger partial charge in [-0.15, -0.1) is 0 Å². The van der Waals surface area contributed by atoms with E-state index in [-0.39, 0.29) is 12.0 Å². The molecule has 5 heteroatoms. The van der Waals surface area contributed by atoms with Crippen LogP contribution in [-0.2, 0) is 14.3 Å². The summed E-state index contributed by atoms with van der Waals surface area (Å²) in [6, 6.07) is 0. The molecular weight excluding hydrogens is 232 g/mol. The second-order valence-corrected chi connectivity index (χ2v) is 4.91. The van der Waals surface area contributed by atoms with E-state index in [1.54, 1.807) is 0 Å². The Labute approximate surface area is 110 Å². The zero-order valence-electron chi connectivity index (χ0n) is 12.1. The molecule has 1 unspecified atom stereocenters. The summed E-state index contributed by atoms with van der Waals surface area (Å²) in [5, 5.41) is 3.17. The molecule has 0 spiro atoms. The molecule has 18 heavy (non-hydrogen) atoms. The average molecular weight is 260 g/mol. The lowest BCUT2D eigenvalue weighted by atomic mass is 9.97. The van der Waals surface area contributed by atoms with E-state index >= 15 is 0 Å². The molecule has 0 aromatic rings. The minimum atomic E-state index is -0.686. The molecule has 0 fully saturated rings. The van der Waals surface area contributed by atoms with Crippen LogP contribution in [0.15, 0.2) is 0 Å². The van der Waals surface area contributed by atoms with E-state index in [0.29, 0.717) is 26.2 Å². The molecule has 1 amide bonds. The van der Waals surface area contributed by atoms with E-state index in [2.05, 4.69) is 5.32 Å². The van der Waals surface area contributed by atoms with Crippen LogP contribution in [0, 0.1) is 0 Å². The number of nitrogens with one attached hydrogen (secondary N) is 1. The van der Waals surface area contributed by atoms with Crippen LogP contribution in [0.3, 0.4) is 0 Å². The van der Waals surface area contributed by atoms with Crippen molar-refractivity contribution in [2.75, 3.05) is 26.4 Å². The molecule has 5 nitrogen and oxygen atoms in total. The fourth-order valence-corrected chi connectivity index (χ4v) is 1.42. The van der Waals surface area contributed by atoms with Crippen LogP contribution in [-0.4, -0.2) is 43.9 Å². The highest BCUT2D eigenvalue weighted by Gasteiger charge is 2.29. The van der Waals surface area contributed by atoms with Crippen molar-refractivity contribution in [3.63, 3.8) is 0 Å². The highest BCUT2D eigenvalue weighted by Crippen LogP contribution is 2.09. The lowest BCUT2D eigenvalue weighted by Crippen LogP contribution is -2.54. The monoisotopic (exact) mass is 260 g/mol. The van der Waals surface area contributed by atoms with Crippen LogP contribution in [0.1, 0.15) is 40.5 Å². The smallest absolute Gasteiger partial charge is 0.237 e. The van der Waals surface area contributed by atoms with Gasteiger partial charge in [0.25, 0.3) is 0 Å². The van der Waals surface area contributed by atoms with Gasteiger partial charge in [-0.2, -0.15) is 0 Å². The maximum atomic E-state index is 11.4. The van der Waals surface area contributed by atoms with Crippen molar-refractivity contribution in [3.8, 4) is 0 Å². The third kappa shape index (κ3) is 7.63. The summed E-state index contributed by atoms with van der Waals surface area (Å²) in [4.78, 5) is 11.4. The van der Waals surface area contributed by atoms with Gasteiger partial charge < -0.3 is 20.5 Å². The number of rotatable bonds is 11. The number of nitrogens with two attached hydrogens (primary N) is 1. The number of carbonyl (C=O) groups is 1. The summed E-state index contributed by atoms with van der Waals surface area (Å²) in [5.41, 5.74) is 4.73. The van der Waals surface area contributed by atoms with Gasteiger partial charge >= 0.3 is 0 Å². The van der Waals surface area contributed by atoms with Crippen molar-refractivity contribution in [2.45, 2.75) is 52.2 Å². The minimum Gasteiger partial charge on any atom is -0.379 e. The zero-order chi connectivity index (χ0) is 14.0. The maximum absolute atomic E-state index is 11.4. The van der Waals surface area contributed by atoms with E-state index in [9.17, 15) is 4.79 Å². The van der Waals surface area contributed by atoms with Crippen molar-refractivity contribution in [2.24, 2.45) is 5.73 Å². The average Bonchev–Trinajstić information content (AvgIpc) is 2.30. The first-order valence-electron chi connectivity index (χ1n) is 6.66. The summed E-state index contributed by atoms with van der Waals surface area (Å²) in [6.07, 6.45) is 1.76. The Morgan fingerprint density at radius 2 is 2.00 bits per heavy atom. The quantitative estimate of drug-likeness (QED) is 0.545. The summed E-state index contributed by atoms with van der Waals surface area (Å²) < 4.78 is 10.8. The molecule has 1 atom stereocenters. The number of carbonyl (C=O) groups excluding carboxylic acids is 1. The molecule has 0 radical (unpaired) electrons. The van der Waals surface area contributed by atoms with Crippen LogP contribution < -0.4 is 11.1 Å². The first-order chi connectivity index (χ1) is 8.42. The van der Waals surface area contributed by atoms with E-state index in [0.717, 1.165) is 13.0 Å². The molecule has 3 N–H and O–H groups in total. The molecule has 0 aromatic carbocycles. The Morgan fingerprint density at radius 3 is 2.50 bits per heavy atom. The number of primary amides is 1. The molecule has 108 valence electrons. The van der Waals surface area contributed by atoms with Gasteiger partial charge in [-0.3, -0.25) is 4.79 Å². The van der Waals surface area contributed by atoms with Crippen molar-refractivity contribution in [1.82, 2.24) is 5.32 Å². The molecule has 0 aliphatic rings. The fraction of sp³-hybridized carbons (Fsp3) is 0.923. The van der Waals surface area contributed by atoms with Gasteiger partial charge in [0, 0.05) is 6.61 Å². The van der Waals surface area contributed by atoms with E-state index in [1.165, 1.54) is 0 Å². The van der Waals surface area contributed by atoms with Gasteiger partial charge in [-0.1, -0.05) is 6.92 Å². The zero-order valence-corrected chi connectivity index (χ0v) is 12.1. The van der Waals surface area contributed by atoms with E-state index in [4.69, 9.17) is 15.2 Å². The lowest BCUT2D eigenvalue weighted by molar-refractivity contribution is -0.124. The van der Waals surface area contributed by atoms with Gasteiger partial charge in [0.2, 0.25) is 5.91 Å². The SMILES string of the molecule is CCCNC(C)(CCOCCOC(C)C)C(N)=O. The first-order valence-corrected chi connectivity index (χ1v) is 6.66. The Morgan fingerprint density at radius 1 is 1.33 bits per heavy atom. The molecular formula is C13H28N2O3. The van der Waals surface area contributed by atoms with Crippen LogP contribution >= 0.6 is 0 Å². The normalized spacial score (nSPS) is 14.7. The number of hydrogen-bond acceptors (Lipinski definition) is 4. The topological polar surface area (TPSA) is 73.6 Å². The van der Waals surface area contributed by atoms with Gasteiger partial charge in [0.05, 0.1) is 24.9 Å². The Hall–Kier alpha value is -0.650. The first kappa shape index (κ1) is 17.4. The van der Waals surface area contributed by atoms with Crippen LogP contribution in [0.25, 0.3) is 0 Å². The number of hydrogen-bond donors (Lipinski definition) is 2. The molecule has 0 heterocycles. The molecule has 0 saturated heterocycles. The van der Waals surface area contributed by atoms with Gasteiger partial charge in [-0.05, 0) is 40.2 Å². The van der Waals surface area contributed by atoms with Crippen LogP contribution in [0.4, 0.5) is 0 Å². The van der Waals surface area contributed by atoms with Gasteiger partial charge in [-0.25, -0.2) is 0 Å². The predicted octanol–water partition coefficient (Wildman–Crippen LogP) is 1.06. The fourth-order valence-electron chi connectivity index (χ4n) is 1.42. The Bertz CT molecular complexity index is 234. The van der Waals surface area contributed by atoms with Crippen molar-refractivity contribution < 1.29 is 14.3 Å². The van der Waals surface area contributed by atoms with E-state index < -0.39 is 5.54 Å². The largest absolute Gasteiger partial charge is 0.379 e. The van der Waals surface area contributed by atoms with Gasteiger partial charge in [0.15, 0.2) is 0 Å². The standard InChI is InChI=1S/C13H28N2O3/c1-5-7-15-13(4,12(14)16)6-8-17-9-10-18-11(2)3/h11,15H,5-10H2,1-4H3,(H2,14,16). The maximum Gasteiger partial charge on any atom is 0.237 e. The highest BCUT2D eigenvalue weighted by molar-refractivity contribution is 5.84. The van der Waals surface area contributed by atoms with E-state index in [1.807, 2.05) is 27.7 Å². The number of ether oxygens (including phenoxy) is 2. The molecule has 0 rings (SSSR count). The summed E-state index contributed by atoms with van der Waals surface area (Å²) in [5.74, 6) is -0.335. The van der Waals surface area contributed by atoms with Crippen molar-refractivity contribution >= 4 is 5.91 Å². The minimum absolute atomic E-state index is 0.218. The lowest BCUT2D eigenvalue weighted by Gasteiger charge is -2.27. The third-order valence-corrected chi connectivity index (χ3v) is 2.73. The Kier molecular flexibility index (Phi) is 8.97. The number of amides is 1. The second kappa shape index (κ2) is 9.30. The molecule has 0 aliphatic carbocycles. The van der Waals surface area contributed by atoms with Crippen molar-refractivity contribution in [3.05, 3.63) is 0 Å². The summed E-state index contributed by atoms with van der Waals surface area (Å²) in [6.45, 7) is 10.2. The Balaban J connectivity index is 3.80. The van der Waals surface area contributed by atoms with Crippen molar-refractivity contribution in [1.29, 1.82) is 0 Å². The predicted molar refractivity (Wildman–Crippen MR) is 72.4 cm³/mol. The third-order valence-electron chi connectivity index (χ3n) is 2.73. The molecule has 0 aliphatic heterocycles.